The predicted octanol–water partition coefficient (Wildman–Crippen LogP) is 2.78. The number of carbonyl (C=O) groups excluding carboxylic acids is 1. The highest BCUT2D eigenvalue weighted by atomic mass is 35.5. The number of carbonyl (C=O) groups is 1. The van der Waals surface area contributed by atoms with Crippen LogP contribution in [-0.4, -0.2) is 30.4 Å². The predicted molar refractivity (Wildman–Crippen MR) is 95.0 cm³/mol. The van der Waals surface area contributed by atoms with Gasteiger partial charge in [0.2, 0.25) is 5.91 Å². The number of rotatable bonds is 6. The molecule has 2 heterocycles. The summed E-state index contributed by atoms with van der Waals surface area (Å²) in [7, 11) is 0. The van der Waals surface area contributed by atoms with Gasteiger partial charge in [-0.05, 0) is 13.0 Å². The molecular weight excluding hydrogens is 379 g/mol. The molecule has 0 saturated carbocycles. The van der Waals surface area contributed by atoms with Crippen molar-refractivity contribution in [2.45, 2.75) is 20.0 Å². The van der Waals surface area contributed by atoms with Crippen LogP contribution in [0.1, 0.15) is 11.3 Å². The van der Waals surface area contributed by atoms with Crippen molar-refractivity contribution in [1.29, 1.82) is 0 Å². The van der Waals surface area contributed by atoms with Crippen molar-refractivity contribution in [1.82, 2.24) is 19.6 Å². The van der Waals surface area contributed by atoms with E-state index >= 15 is 0 Å². The highest BCUT2D eigenvalue weighted by Crippen LogP contribution is 2.21. The zero-order valence-electron chi connectivity index (χ0n) is 14.1. The minimum Gasteiger partial charge on any atom is -0.306 e. The van der Waals surface area contributed by atoms with E-state index in [1.54, 1.807) is 18.2 Å². The minimum atomic E-state index is -0.571. The van der Waals surface area contributed by atoms with Gasteiger partial charge in [-0.1, -0.05) is 29.8 Å². The molecule has 27 heavy (non-hydrogen) atoms. The van der Waals surface area contributed by atoms with Gasteiger partial charge in [0.05, 0.1) is 11.5 Å². The lowest BCUT2D eigenvalue weighted by Gasteiger charge is -2.05. The molecule has 0 aliphatic heterocycles. The maximum atomic E-state index is 13.7. The first-order valence-electron chi connectivity index (χ1n) is 7.78. The molecule has 1 N–H and O–H groups in total. The van der Waals surface area contributed by atoms with Crippen molar-refractivity contribution < 1.29 is 14.1 Å². The van der Waals surface area contributed by atoms with Crippen molar-refractivity contribution in [3.63, 3.8) is 0 Å². The van der Waals surface area contributed by atoms with Crippen LogP contribution in [-0.2, 0) is 17.9 Å². The Morgan fingerprint density at radius 1 is 1.41 bits per heavy atom. The molecule has 11 heteroatoms. The molecule has 0 bridgehead atoms. The number of nitrogens with one attached hydrogen (secondary N) is 1. The van der Waals surface area contributed by atoms with Gasteiger partial charge in [-0.2, -0.15) is 10.2 Å². The second kappa shape index (κ2) is 7.54. The van der Waals surface area contributed by atoms with E-state index in [9.17, 15) is 19.3 Å². The first kappa shape index (κ1) is 18.5. The molecule has 0 spiro atoms. The largest absolute Gasteiger partial charge is 0.309 e. The van der Waals surface area contributed by atoms with Crippen LogP contribution in [0.3, 0.4) is 0 Å². The van der Waals surface area contributed by atoms with Gasteiger partial charge in [0, 0.05) is 11.8 Å². The molecule has 1 aromatic carbocycles. The molecule has 2 aromatic heterocycles. The van der Waals surface area contributed by atoms with Gasteiger partial charge in [-0.3, -0.25) is 24.3 Å². The molecule has 140 valence electrons. The Balaban J connectivity index is 1.69. The molecule has 0 aliphatic rings. The standard InChI is InChI=1S/C16H14ClFN6O3/c1-10-14(24(26)27)6-19-23(10)9-15(25)20-16-12(17)8-22(21-16)7-11-4-2-3-5-13(11)18/h2-6,8H,7,9H2,1H3,(H,20,21,25). The Bertz CT molecular complexity index is 1020. The van der Waals surface area contributed by atoms with E-state index in [4.69, 9.17) is 11.6 Å². The number of amides is 1. The van der Waals surface area contributed by atoms with E-state index in [0.29, 0.717) is 5.56 Å². The van der Waals surface area contributed by atoms with Crippen LogP contribution in [0.25, 0.3) is 0 Å². The Kier molecular flexibility index (Phi) is 5.17. The van der Waals surface area contributed by atoms with Crippen LogP contribution in [0.5, 0.6) is 0 Å². The number of aromatic nitrogens is 4. The van der Waals surface area contributed by atoms with E-state index in [1.807, 2.05) is 0 Å². The quantitative estimate of drug-likeness (QED) is 0.512. The maximum absolute atomic E-state index is 13.7. The zero-order chi connectivity index (χ0) is 19.6. The second-order valence-electron chi connectivity index (χ2n) is 5.69. The van der Waals surface area contributed by atoms with Gasteiger partial charge in [0.15, 0.2) is 5.82 Å². The van der Waals surface area contributed by atoms with E-state index in [-0.39, 0.29) is 41.1 Å². The van der Waals surface area contributed by atoms with Gasteiger partial charge in [-0.25, -0.2) is 4.39 Å². The van der Waals surface area contributed by atoms with Crippen molar-refractivity contribution in [3.05, 3.63) is 68.9 Å². The number of nitro groups is 1. The topological polar surface area (TPSA) is 108 Å². The van der Waals surface area contributed by atoms with E-state index in [1.165, 1.54) is 28.6 Å². The molecule has 0 aliphatic carbocycles. The lowest BCUT2D eigenvalue weighted by Crippen LogP contribution is -2.21. The molecule has 0 saturated heterocycles. The average Bonchev–Trinajstić information content (AvgIpc) is 3.13. The summed E-state index contributed by atoms with van der Waals surface area (Å²) in [6.45, 7) is 1.40. The molecule has 0 radical (unpaired) electrons. The fourth-order valence-electron chi connectivity index (χ4n) is 2.45. The second-order valence-corrected chi connectivity index (χ2v) is 6.10. The summed E-state index contributed by atoms with van der Waals surface area (Å²) in [4.78, 5) is 22.4. The first-order valence-corrected chi connectivity index (χ1v) is 8.16. The van der Waals surface area contributed by atoms with E-state index < -0.39 is 10.8 Å². The fourth-order valence-corrected chi connectivity index (χ4v) is 2.64. The third kappa shape index (κ3) is 4.11. The third-order valence-electron chi connectivity index (χ3n) is 3.83. The monoisotopic (exact) mass is 392 g/mol. The Hall–Kier alpha value is -3.27. The first-order chi connectivity index (χ1) is 12.8. The van der Waals surface area contributed by atoms with Gasteiger partial charge < -0.3 is 5.32 Å². The van der Waals surface area contributed by atoms with Crippen LogP contribution in [0.15, 0.2) is 36.7 Å². The van der Waals surface area contributed by atoms with Gasteiger partial charge in [0.1, 0.15) is 29.3 Å². The van der Waals surface area contributed by atoms with E-state index in [2.05, 4.69) is 15.5 Å². The van der Waals surface area contributed by atoms with Crippen LogP contribution >= 0.6 is 11.6 Å². The SMILES string of the molecule is Cc1c([N+](=O)[O-])cnn1CC(=O)Nc1nn(Cc2ccccc2F)cc1Cl. The number of hydrogen-bond acceptors (Lipinski definition) is 5. The number of benzene rings is 1. The molecule has 0 unspecified atom stereocenters. The summed E-state index contributed by atoms with van der Waals surface area (Å²) < 4.78 is 16.3. The number of nitrogens with zero attached hydrogens (tertiary/aromatic N) is 5. The van der Waals surface area contributed by atoms with Crippen LogP contribution in [0.2, 0.25) is 5.02 Å². The van der Waals surface area contributed by atoms with Crippen LogP contribution < -0.4 is 5.32 Å². The minimum absolute atomic E-state index is 0.109. The molecule has 3 aromatic rings. The van der Waals surface area contributed by atoms with Crippen molar-refractivity contribution in [2.75, 3.05) is 5.32 Å². The van der Waals surface area contributed by atoms with Crippen LogP contribution in [0, 0.1) is 22.9 Å². The smallest absolute Gasteiger partial charge is 0.306 e. The fraction of sp³-hybridized carbons (Fsp3) is 0.188. The van der Waals surface area contributed by atoms with Crippen LogP contribution in [0.4, 0.5) is 15.9 Å². The number of anilines is 1. The lowest BCUT2D eigenvalue weighted by molar-refractivity contribution is -0.385. The molecule has 0 fully saturated rings. The Labute approximate surface area is 157 Å². The van der Waals surface area contributed by atoms with Crippen molar-refractivity contribution in [2.24, 2.45) is 0 Å². The molecule has 3 rings (SSSR count). The van der Waals surface area contributed by atoms with Gasteiger partial charge in [0.25, 0.3) is 0 Å². The Morgan fingerprint density at radius 2 is 2.15 bits per heavy atom. The van der Waals surface area contributed by atoms with Gasteiger partial charge in [-0.15, -0.1) is 0 Å². The molecular formula is C16H14ClFN6O3. The van der Waals surface area contributed by atoms with Gasteiger partial charge >= 0.3 is 5.69 Å². The lowest BCUT2D eigenvalue weighted by atomic mass is 10.2. The van der Waals surface area contributed by atoms with Crippen molar-refractivity contribution >= 4 is 29.0 Å². The normalized spacial score (nSPS) is 10.8. The average molecular weight is 393 g/mol. The summed E-state index contributed by atoms with van der Waals surface area (Å²) in [5.74, 6) is -0.767. The molecule has 1 amide bonds. The third-order valence-corrected chi connectivity index (χ3v) is 4.11. The summed E-state index contributed by atoms with van der Waals surface area (Å²) in [6.07, 6.45) is 2.55. The highest BCUT2D eigenvalue weighted by molar-refractivity contribution is 6.33. The summed E-state index contributed by atoms with van der Waals surface area (Å²) in [5, 5.41) is 21.5. The summed E-state index contributed by atoms with van der Waals surface area (Å²) >= 11 is 6.07. The number of hydrogen-bond donors (Lipinski definition) is 1. The summed E-state index contributed by atoms with van der Waals surface area (Å²) in [6, 6.07) is 6.26. The highest BCUT2D eigenvalue weighted by Gasteiger charge is 2.19. The molecule has 9 nitrogen and oxygen atoms in total. The zero-order valence-corrected chi connectivity index (χ0v) is 14.9. The maximum Gasteiger partial charge on any atom is 0.309 e. The van der Waals surface area contributed by atoms with E-state index in [0.717, 1.165) is 6.20 Å². The molecule has 0 atom stereocenters. The summed E-state index contributed by atoms with van der Waals surface area (Å²) in [5.41, 5.74) is 0.510. The number of halogens is 2. The Morgan fingerprint density at radius 3 is 2.81 bits per heavy atom. The van der Waals surface area contributed by atoms with Crippen molar-refractivity contribution in [3.8, 4) is 0 Å².